The van der Waals surface area contributed by atoms with E-state index in [1.165, 1.54) is 10.5 Å². The van der Waals surface area contributed by atoms with Crippen LogP contribution in [0, 0.1) is 0 Å². The lowest BCUT2D eigenvalue weighted by atomic mass is 10.2. The lowest BCUT2D eigenvalue weighted by molar-refractivity contribution is 0.717. The summed E-state index contributed by atoms with van der Waals surface area (Å²) in [5.41, 5.74) is 1.29. The number of aromatic nitrogens is 1. The van der Waals surface area contributed by atoms with Gasteiger partial charge in [-0.25, -0.2) is 4.98 Å². The van der Waals surface area contributed by atoms with Crippen molar-refractivity contribution in [3.8, 4) is 0 Å². The molecule has 0 aliphatic carbocycles. The Morgan fingerprint density at radius 1 is 1.16 bits per heavy atom. The Bertz CT molecular complexity index is 544. The molecular weight excluding hydrogens is 388 g/mol. The summed E-state index contributed by atoms with van der Waals surface area (Å²) in [5.74, 6) is 0. The molecule has 2 nitrogen and oxygen atoms in total. The fourth-order valence-electron chi connectivity index (χ4n) is 1.56. The van der Waals surface area contributed by atoms with Gasteiger partial charge in [0.05, 0.1) is 0 Å². The number of hydrogen-bond acceptors (Lipinski definition) is 3. The smallest absolute Gasteiger partial charge is 0.101 e. The topological polar surface area (TPSA) is 24.9 Å². The number of halogens is 2. The van der Waals surface area contributed by atoms with Gasteiger partial charge in [0.25, 0.3) is 0 Å². The molecule has 5 heteroatoms. The maximum atomic E-state index is 4.40. The zero-order chi connectivity index (χ0) is 13.7. The molecule has 0 fully saturated rings. The first-order chi connectivity index (χ1) is 9.19. The Labute approximate surface area is 134 Å². The van der Waals surface area contributed by atoms with Crippen molar-refractivity contribution < 1.29 is 0 Å². The molecular formula is C14H14Br2N2S. The molecule has 0 amide bonds. The minimum Gasteiger partial charge on any atom is -0.313 e. The van der Waals surface area contributed by atoms with Crippen LogP contribution in [-0.4, -0.2) is 11.5 Å². The highest BCUT2D eigenvalue weighted by Gasteiger charge is 2.06. The molecule has 0 radical (unpaired) electrons. The Morgan fingerprint density at radius 3 is 2.63 bits per heavy atom. The van der Waals surface area contributed by atoms with E-state index in [0.29, 0.717) is 0 Å². The van der Waals surface area contributed by atoms with Gasteiger partial charge in [-0.2, -0.15) is 0 Å². The van der Waals surface area contributed by atoms with Gasteiger partial charge < -0.3 is 5.32 Å². The normalized spacial score (nSPS) is 10.7. The second-order valence-electron chi connectivity index (χ2n) is 3.95. The van der Waals surface area contributed by atoms with Crippen molar-refractivity contribution >= 4 is 43.6 Å². The van der Waals surface area contributed by atoms with Gasteiger partial charge in [-0.3, -0.25) is 0 Å². The van der Waals surface area contributed by atoms with Gasteiger partial charge in [-0.1, -0.05) is 40.7 Å². The summed E-state index contributed by atoms with van der Waals surface area (Å²) in [7, 11) is 0. The van der Waals surface area contributed by atoms with Crippen molar-refractivity contribution in [3.05, 3.63) is 51.0 Å². The second-order valence-corrected chi connectivity index (χ2v) is 6.84. The zero-order valence-corrected chi connectivity index (χ0v) is 14.5. The first-order valence-electron chi connectivity index (χ1n) is 5.97. The van der Waals surface area contributed by atoms with Crippen LogP contribution in [-0.2, 0) is 6.54 Å². The van der Waals surface area contributed by atoms with Gasteiger partial charge >= 0.3 is 0 Å². The molecule has 0 atom stereocenters. The number of rotatable bonds is 5. The largest absolute Gasteiger partial charge is 0.313 e. The van der Waals surface area contributed by atoms with E-state index in [2.05, 4.69) is 67.3 Å². The van der Waals surface area contributed by atoms with E-state index in [-0.39, 0.29) is 0 Å². The molecule has 2 rings (SSSR count). The Kier molecular flexibility index (Phi) is 5.88. The Hall–Kier alpha value is -0.360. The highest BCUT2D eigenvalue weighted by atomic mass is 79.9. The molecule has 1 aromatic carbocycles. The molecule has 0 aliphatic rings. The predicted molar refractivity (Wildman–Crippen MR) is 87.6 cm³/mol. The van der Waals surface area contributed by atoms with E-state index in [4.69, 9.17) is 0 Å². The molecule has 0 saturated carbocycles. The van der Waals surface area contributed by atoms with E-state index in [9.17, 15) is 0 Å². The van der Waals surface area contributed by atoms with Crippen molar-refractivity contribution in [2.24, 2.45) is 0 Å². The predicted octanol–water partition coefficient (Wildman–Crippen LogP) is 4.87. The van der Waals surface area contributed by atoms with E-state index in [1.54, 1.807) is 11.8 Å². The van der Waals surface area contributed by atoms with Gasteiger partial charge in [-0.05, 0) is 52.3 Å². The summed E-state index contributed by atoms with van der Waals surface area (Å²) in [4.78, 5) is 5.63. The number of hydrogen-bond donors (Lipinski definition) is 1. The minimum absolute atomic E-state index is 0.878. The molecule has 0 bridgehead atoms. The Balaban J connectivity index is 2.22. The average Bonchev–Trinajstić information content (AvgIpc) is 2.40. The number of benzene rings is 1. The number of nitrogens with one attached hydrogen (secondary N) is 1. The molecule has 19 heavy (non-hydrogen) atoms. The first kappa shape index (κ1) is 15.0. The third-order valence-corrected chi connectivity index (χ3v) is 4.52. The van der Waals surface area contributed by atoms with E-state index >= 15 is 0 Å². The lowest BCUT2D eigenvalue weighted by Gasteiger charge is -2.10. The summed E-state index contributed by atoms with van der Waals surface area (Å²) in [6.07, 6.45) is 1.82. The van der Waals surface area contributed by atoms with Crippen molar-refractivity contribution in [3.63, 3.8) is 0 Å². The third kappa shape index (κ3) is 4.60. The van der Waals surface area contributed by atoms with Gasteiger partial charge in [0.1, 0.15) is 5.03 Å². The maximum absolute atomic E-state index is 4.40. The van der Waals surface area contributed by atoms with E-state index < -0.39 is 0 Å². The van der Waals surface area contributed by atoms with Gasteiger partial charge in [0.15, 0.2) is 0 Å². The van der Waals surface area contributed by atoms with Crippen molar-refractivity contribution in [1.82, 2.24) is 10.3 Å². The summed E-state index contributed by atoms with van der Waals surface area (Å²) in [6, 6.07) is 10.4. The average molecular weight is 402 g/mol. The summed E-state index contributed by atoms with van der Waals surface area (Å²) >= 11 is 8.62. The fourth-order valence-corrected chi connectivity index (χ4v) is 3.24. The van der Waals surface area contributed by atoms with Crippen LogP contribution in [0.5, 0.6) is 0 Å². The summed E-state index contributed by atoms with van der Waals surface area (Å²) in [6.45, 7) is 3.96. The van der Waals surface area contributed by atoms with Gasteiger partial charge in [-0.15, -0.1) is 0 Å². The molecule has 100 valence electrons. The maximum Gasteiger partial charge on any atom is 0.101 e. The number of nitrogens with zero attached hydrogens (tertiary/aromatic N) is 1. The van der Waals surface area contributed by atoms with E-state index in [0.717, 1.165) is 27.1 Å². The molecule has 1 heterocycles. The molecule has 1 N–H and O–H groups in total. The van der Waals surface area contributed by atoms with Crippen LogP contribution < -0.4 is 5.32 Å². The highest BCUT2D eigenvalue weighted by molar-refractivity contribution is 9.10. The van der Waals surface area contributed by atoms with Gasteiger partial charge in [0, 0.05) is 26.6 Å². The SMILES string of the molecule is CCNCc1ccc(Br)cc1Sc1ccc(Br)cn1. The quantitative estimate of drug-likeness (QED) is 0.773. The first-order valence-corrected chi connectivity index (χ1v) is 8.38. The van der Waals surface area contributed by atoms with Crippen molar-refractivity contribution in [2.45, 2.75) is 23.4 Å². The van der Waals surface area contributed by atoms with Crippen LogP contribution in [0.3, 0.4) is 0 Å². The molecule has 0 spiro atoms. The summed E-state index contributed by atoms with van der Waals surface area (Å²) < 4.78 is 2.09. The monoisotopic (exact) mass is 400 g/mol. The lowest BCUT2D eigenvalue weighted by Crippen LogP contribution is -2.12. The van der Waals surface area contributed by atoms with Crippen molar-refractivity contribution in [1.29, 1.82) is 0 Å². The number of pyridine rings is 1. The van der Waals surface area contributed by atoms with Crippen LogP contribution in [0.25, 0.3) is 0 Å². The third-order valence-electron chi connectivity index (χ3n) is 2.51. The standard InChI is InChI=1S/C14H14Br2N2S/c1-2-17-8-10-3-4-11(15)7-13(10)19-14-6-5-12(16)9-18-14/h3-7,9,17H,2,8H2,1H3. The molecule has 0 saturated heterocycles. The van der Waals surface area contributed by atoms with Crippen LogP contribution in [0.15, 0.2) is 55.4 Å². The van der Waals surface area contributed by atoms with Crippen molar-refractivity contribution in [2.75, 3.05) is 6.54 Å². The van der Waals surface area contributed by atoms with E-state index in [1.807, 2.05) is 18.3 Å². The second kappa shape index (κ2) is 7.43. The molecule has 0 unspecified atom stereocenters. The van der Waals surface area contributed by atoms with Crippen LogP contribution in [0.4, 0.5) is 0 Å². The molecule has 1 aromatic heterocycles. The van der Waals surface area contributed by atoms with Crippen LogP contribution >= 0.6 is 43.6 Å². The zero-order valence-electron chi connectivity index (χ0n) is 10.5. The highest BCUT2D eigenvalue weighted by Crippen LogP contribution is 2.31. The minimum atomic E-state index is 0.878. The summed E-state index contributed by atoms with van der Waals surface area (Å²) in [5, 5.41) is 4.36. The Morgan fingerprint density at radius 2 is 1.95 bits per heavy atom. The molecule has 2 aromatic rings. The van der Waals surface area contributed by atoms with Gasteiger partial charge in [0.2, 0.25) is 0 Å². The van der Waals surface area contributed by atoms with Crippen LogP contribution in [0.1, 0.15) is 12.5 Å². The fraction of sp³-hybridized carbons (Fsp3) is 0.214. The molecule has 0 aliphatic heterocycles. The van der Waals surface area contributed by atoms with Crippen LogP contribution in [0.2, 0.25) is 0 Å².